The summed E-state index contributed by atoms with van der Waals surface area (Å²) in [6, 6.07) is 19.3. The Morgan fingerprint density at radius 2 is 1.74 bits per heavy atom. The van der Waals surface area contributed by atoms with E-state index in [1.54, 1.807) is 63.2 Å². The van der Waals surface area contributed by atoms with Crippen LogP contribution in [0.15, 0.2) is 70.9 Å². The molecule has 34 heavy (non-hydrogen) atoms. The van der Waals surface area contributed by atoms with Crippen LogP contribution in [0.1, 0.15) is 32.8 Å². The fourth-order valence-electron chi connectivity index (χ4n) is 4.12. The van der Waals surface area contributed by atoms with Crippen molar-refractivity contribution in [3.05, 3.63) is 77.3 Å². The van der Waals surface area contributed by atoms with E-state index in [1.807, 2.05) is 18.2 Å². The summed E-state index contributed by atoms with van der Waals surface area (Å²) in [7, 11) is -4.11. The molecule has 3 aromatic rings. The molecule has 1 aliphatic rings. The van der Waals surface area contributed by atoms with Crippen LogP contribution < -0.4 is 4.72 Å². The van der Waals surface area contributed by atoms with Crippen LogP contribution in [0.2, 0.25) is 5.02 Å². The summed E-state index contributed by atoms with van der Waals surface area (Å²) < 4.78 is 35.3. The Morgan fingerprint density at radius 3 is 2.32 bits per heavy atom. The van der Waals surface area contributed by atoms with Crippen molar-refractivity contribution in [2.45, 2.75) is 48.0 Å². The normalized spacial score (nSPS) is 22.4. The number of aliphatic hydroxyl groups is 1. The fraction of sp³-hybridized carbons (Fsp3) is 0.320. The summed E-state index contributed by atoms with van der Waals surface area (Å²) in [5.41, 5.74) is -2.09. The van der Waals surface area contributed by atoms with Gasteiger partial charge in [-0.05, 0) is 62.6 Å². The second kappa shape index (κ2) is 8.77. The van der Waals surface area contributed by atoms with Gasteiger partial charge in [0.1, 0.15) is 15.3 Å². The third-order valence-electron chi connectivity index (χ3n) is 5.89. The zero-order chi connectivity index (χ0) is 24.8. The predicted molar refractivity (Wildman–Crippen MR) is 133 cm³/mol. The number of thiophene rings is 1. The summed E-state index contributed by atoms with van der Waals surface area (Å²) in [5, 5.41) is 11.0. The van der Waals surface area contributed by atoms with E-state index in [-0.39, 0.29) is 10.6 Å². The Balaban J connectivity index is 1.71. The first kappa shape index (κ1) is 24.9. The van der Waals surface area contributed by atoms with Crippen LogP contribution in [-0.2, 0) is 25.0 Å². The average molecular weight is 520 g/mol. The molecule has 1 aliphatic carbocycles. The van der Waals surface area contributed by atoms with Gasteiger partial charge in [-0.25, -0.2) is 13.2 Å². The van der Waals surface area contributed by atoms with Gasteiger partial charge in [-0.2, -0.15) is 4.72 Å². The fourth-order valence-corrected chi connectivity index (χ4v) is 6.98. The lowest BCUT2D eigenvalue weighted by atomic mass is 9.91. The molecule has 2 N–H and O–H groups in total. The summed E-state index contributed by atoms with van der Waals surface area (Å²) in [6.45, 7) is 4.74. The summed E-state index contributed by atoms with van der Waals surface area (Å²) in [6.07, 6.45) is 0.0874. The first-order chi connectivity index (χ1) is 15.9. The van der Waals surface area contributed by atoms with E-state index in [9.17, 15) is 18.3 Å². The van der Waals surface area contributed by atoms with Crippen molar-refractivity contribution in [2.75, 3.05) is 6.61 Å². The van der Waals surface area contributed by atoms with E-state index in [4.69, 9.17) is 16.3 Å². The van der Waals surface area contributed by atoms with Gasteiger partial charge in [0.05, 0.1) is 12.0 Å². The molecule has 0 aliphatic heterocycles. The van der Waals surface area contributed by atoms with Crippen molar-refractivity contribution in [1.82, 2.24) is 4.72 Å². The number of halogens is 1. The molecule has 0 saturated heterocycles. The smallest absolute Gasteiger partial charge is 0.328 e. The van der Waals surface area contributed by atoms with Crippen molar-refractivity contribution >= 4 is 38.9 Å². The van der Waals surface area contributed by atoms with Crippen molar-refractivity contribution < 1.29 is 23.1 Å². The molecule has 0 bridgehead atoms. The van der Waals surface area contributed by atoms with E-state index >= 15 is 0 Å². The number of hydrogen-bond donors (Lipinski definition) is 2. The van der Waals surface area contributed by atoms with Crippen LogP contribution in [0.25, 0.3) is 10.4 Å². The summed E-state index contributed by atoms with van der Waals surface area (Å²) >= 11 is 7.04. The third kappa shape index (κ3) is 4.53. The minimum absolute atomic E-state index is 0.0622. The maximum Gasteiger partial charge on any atom is 0.328 e. The molecular formula is C25H26ClNO5S2. The number of ether oxygens (including phenoxy) is 1. The van der Waals surface area contributed by atoms with E-state index in [1.165, 1.54) is 6.07 Å². The van der Waals surface area contributed by atoms with Gasteiger partial charge in [-0.15, -0.1) is 11.3 Å². The van der Waals surface area contributed by atoms with Crippen LogP contribution >= 0.6 is 22.9 Å². The molecule has 180 valence electrons. The zero-order valence-corrected chi connectivity index (χ0v) is 21.4. The number of aliphatic hydroxyl groups excluding tert-OH is 1. The second-order valence-electron chi connectivity index (χ2n) is 9.42. The van der Waals surface area contributed by atoms with Crippen LogP contribution in [0.4, 0.5) is 0 Å². The standard InChI is InChI=1S/C25H26ClNO5S2/c1-23(2,3)32-22(29)25(15-24(25,16-28)18-7-5-4-6-8-18)27-34(30,31)21-14-13-20(33-21)17-9-11-19(26)12-10-17/h4-14,27-28H,15-16H2,1-3H3. The number of rotatable bonds is 7. The maximum absolute atomic E-state index is 13.5. The summed E-state index contributed by atoms with van der Waals surface area (Å²) in [5.74, 6) is -0.712. The van der Waals surface area contributed by atoms with Gasteiger partial charge >= 0.3 is 5.97 Å². The van der Waals surface area contributed by atoms with Crippen LogP contribution in [-0.4, -0.2) is 37.2 Å². The van der Waals surface area contributed by atoms with Gasteiger partial charge in [0.2, 0.25) is 0 Å². The SMILES string of the molecule is CC(C)(C)OC(=O)C1(NS(=O)(=O)c2ccc(-c3ccc(Cl)cc3)s2)CC1(CO)c1ccccc1. The zero-order valence-electron chi connectivity index (χ0n) is 19.0. The molecule has 6 nitrogen and oxygen atoms in total. The molecule has 2 unspecified atom stereocenters. The van der Waals surface area contributed by atoms with Gasteiger partial charge in [0, 0.05) is 9.90 Å². The van der Waals surface area contributed by atoms with E-state index in [2.05, 4.69) is 4.72 Å². The molecule has 9 heteroatoms. The van der Waals surface area contributed by atoms with E-state index < -0.39 is 39.2 Å². The van der Waals surface area contributed by atoms with Gasteiger partial charge in [0.15, 0.2) is 0 Å². The minimum Gasteiger partial charge on any atom is -0.459 e. The van der Waals surface area contributed by atoms with Crippen LogP contribution in [0.5, 0.6) is 0 Å². The molecule has 0 radical (unpaired) electrons. The predicted octanol–water partition coefficient (Wildman–Crippen LogP) is 4.76. The lowest BCUT2D eigenvalue weighted by Gasteiger charge is -2.28. The highest BCUT2D eigenvalue weighted by Gasteiger charge is 2.75. The van der Waals surface area contributed by atoms with Gasteiger partial charge in [-0.1, -0.05) is 54.1 Å². The molecule has 2 atom stereocenters. The Hall–Kier alpha value is -2.23. The van der Waals surface area contributed by atoms with Crippen LogP contribution in [0, 0.1) is 0 Å². The van der Waals surface area contributed by atoms with E-state index in [0.717, 1.165) is 21.8 Å². The first-order valence-electron chi connectivity index (χ1n) is 10.7. The van der Waals surface area contributed by atoms with Crippen molar-refractivity contribution in [3.63, 3.8) is 0 Å². The molecule has 1 heterocycles. The molecule has 0 spiro atoms. The second-order valence-corrected chi connectivity index (χ2v) is 12.9. The Morgan fingerprint density at radius 1 is 1.09 bits per heavy atom. The quantitative estimate of drug-likeness (QED) is 0.439. The van der Waals surface area contributed by atoms with Crippen LogP contribution in [0.3, 0.4) is 0 Å². The van der Waals surface area contributed by atoms with Crippen molar-refractivity contribution in [1.29, 1.82) is 0 Å². The van der Waals surface area contributed by atoms with Crippen molar-refractivity contribution in [2.24, 2.45) is 0 Å². The largest absolute Gasteiger partial charge is 0.459 e. The van der Waals surface area contributed by atoms with Gasteiger partial charge in [0.25, 0.3) is 10.0 Å². The number of carbonyl (C=O) groups is 1. The Labute approximate surface area is 208 Å². The highest BCUT2D eigenvalue weighted by molar-refractivity contribution is 7.91. The molecule has 1 saturated carbocycles. The van der Waals surface area contributed by atoms with E-state index in [0.29, 0.717) is 10.6 Å². The van der Waals surface area contributed by atoms with Crippen molar-refractivity contribution in [3.8, 4) is 10.4 Å². The minimum atomic E-state index is -4.11. The first-order valence-corrected chi connectivity index (χ1v) is 13.4. The molecule has 4 rings (SSSR count). The Kier molecular flexibility index (Phi) is 6.42. The lowest BCUT2D eigenvalue weighted by molar-refractivity contribution is -0.159. The molecule has 1 aromatic heterocycles. The Bertz CT molecular complexity index is 1300. The molecular weight excluding hydrogens is 494 g/mol. The third-order valence-corrected chi connectivity index (χ3v) is 9.26. The molecule has 1 fully saturated rings. The topological polar surface area (TPSA) is 92.7 Å². The number of sulfonamides is 1. The van der Waals surface area contributed by atoms with Gasteiger partial charge < -0.3 is 9.84 Å². The maximum atomic E-state index is 13.5. The molecule has 2 aromatic carbocycles. The average Bonchev–Trinajstić information content (AvgIpc) is 3.16. The number of carbonyl (C=O) groups excluding carboxylic acids is 1. The summed E-state index contributed by atoms with van der Waals surface area (Å²) in [4.78, 5) is 14.1. The molecule has 0 amide bonds. The van der Waals surface area contributed by atoms with Gasteiger partial charge in [-0.3, -0.25) is 0 Å². The monoisotopic (exact) mass is 519 g/mol. The highest BCUT2D eigenvalue weighted by atomic mass is 35.5. The number of benzene rings is 2. The number of hydrogen-bond acceptors (Lipinski definition) is 6. The number of esters is 1. The highest BCUT2D eigenvalue weighted by Crippen LogP contribution is 2.59. The lowest BCUT2D eigenvalue weighted by Crippen LogP contribution is -2.52. The number of nitrogens with one attached hydrogen (secondary N) is 1.